The second-order valence-corrected chi connectivity index (χ2v) is 7.63. The van der Waals surface area contributed by atoms with Crippen LogP contribution in [0.3, 0.4) is 0 Å². The third-order valence-electron chi connectivity index (χ3n) is 6.08. The van der Waals surface area contributed by atoms with E-state index in [1.54, 1.807) is 12.1 Å². The van der Waals surface area contributed by atoms with Crippen LogP contribution in [-0.2, 0) is 9.47 Å². The quantitative estimate of drug-likeness (QED) is 0.810. The normalized spacial score (nSPS) is 26.8. The van der Waals surface area contributed by atoms with Gasteiger partial charge in [-0.3, -0.25) is 9.69 Å². The average Bonchev–Trinajstić information content (AvgIpc) is 2.69. The minimum atomic E-state index is -0.316. The lowest BCUT2D eigenvalue weighted by atomic mass is 9.81. The first-order valence-electron chi connectivity index (χ1n) is 9.66. The SMILES string of the molecule is O=C(c1ccc(F)cc1)N1CCC2(CC1)C[C@@H](N1CCOCC1)CCO2. The zero-order chi connectivity index (χ0) is 18.0. The Labute approximate surface area is 154 Å². The van der Waals surface area contributed by atoms with E-state index in [2.05, 4.69) is 4.90 Å². The number of hydrogen-bond donors (Lipinski definition) is 0. The Morgan fingerprint density at radius 2 is 1.73 bits per heavy atom. The molecule has 0 bridgehead atoms. The highest BCUT2D eigenvalue weighted by molar-refractivity contribution is 5.94. The molecule has 1 aromatic rings. The number of likely N-dealkylation sites (tertiary alicyclic amines) is 1. The summed E-state index contributed by atoms with van der Waals surface area (Å²) < 4.78 is 24.8. The molecule has 4 rings (SSSR count). The van der Waals surface area contributed by atoms with E-state index in [0.717, 1.165) is 58.6 Å². The highest BCUT2D eigenvalue weighted by Gasteiger charge is 2.42. The maximum atomic E-state index is 13.1. The number of morpholine rings is 1. The summed E-state index contributed by atoms with van der Waals surface area (Å²) in [5, 5.41) is 0. The van der Waals surface area contributed by atoms with Gasteiger partial charge in [-0.05, 0) is 49.9 Å². The Kier molecular flexibility index (Phi) is 5.25. The summed E-state index contributed by atoms with van der Waals surface area (Å²) in [7, 11) is 0. The minimum absolute atomic E-state index is 0.0135. The molecule has 3 heterocycles. The highest BCUT2D eigenvalue weighted by Crippen LogP contribution is 2.37. The molecule has 3 aliphatic rings. The first kappa shape index (κ1) is 17.9. The van der Waals surface area contributed by atoms with Crippen molar-refractivity contribution in [1.29, 1.82) is 0 Å². The molecule has 0 aliphatic carbocycles. The summed E-state index contributed by atoms with van der Waals surface area (Å²) in [5.74, 6) is -0.329. The summed E-state index contributed by atoms with van der Waals surface area (Å²) in [6, 6.07) is 6.37. The predicted octanol–water partition coefficient (Wildman–Crippen LogP) is 2.31. The maximum absolute atomic E-state index is 13.1. The van der Waals surface area contributed by atoms with Gasteiger partial charge in [0.05, 0.1) is 18.8 Å². The molecule has 1 atom stereocenters. The Morgan fingerprint density at radius 3 is 2.42 bits per heavy atom. The van der Waals surface area contributed by atoms with Crippen molar-refractivity contribution in [2.75, 3.05) is 46.0 Å². The third kappa shape index (κ3) is 3.77. The number of hydrogen-bond acceptors (Lipinski definition) is 4. The molecule has 0 N–H and O–H groups in total. The number of halogens is 1. The molecule has 1 amide bonds. The second kappa shape index (κ2) is 7.62. The lowest BCUT2D eigenvalue weighted by Crippen LogP contribution is -2.55. The summed E-state index contributed by atoms with van der Waals surface area (Å²) in [5.41, 5.74) is 0.457. The molecular weight excluding hydrogens is 335 g/mol. The fourth-order valence-electron chi connectivity index (χ4n) is 4.50. The number of nitrogens with zero attached hydrogens (tertiary/aromatic N) is 2. The average molecular weight is 362 g/mol. The topological polar surface area (TPSA) is 42.0 Å². The van der Waals surface area contributed by atoms with Gasteiger partial charge in [0.1, 0.15) is 5.82 Å². The van der Waals surface area contributed by atoms with Crippen LogP contribution in [0.4, 0.5) is 4.39 Å². The van der Waals surface area contributed by atoms with Crippen molar-refractivity contribution in [3.8, 4) is 0 Å². The summed E-state index contributed by atoms with van der Waals surface area (Å²) in [6.45, 7) is 5.87. The maximum Gasteiger partial charge on any atom is 0.253 e. The van der Waals surface area contributed by atoms with Gasteiger partial charge in [-0.25, -0.2) is 4.39 Å². The van der Waals surface area contributed by atoms with E-state index >= 15 is 0 Å². The van der Waals surface area contributed by atoms with Crippen molar-refractivity contribution in [2.45, 2.75) is 37.3 Å². The van der Waals surface area contributed by atoms with Crippen LogP contribution in [0.2, 0.25) is 0 Å². The zero-order valence-electron chi connectivity index (χ0n) is 15.2. The van der Waals surface area contributed by atoms with Crippen LogP contribution in [-0.4, -0.2) is 73.3 Å². The number of rotatable bonds is 2. The number of carbonyl (C=O) groups is 1. The van der Waals surface area contributed by atoms with Gasteiger partial charge in [0.25, 0.3) is 5.91 Å². The Balaban J connectivity index is 1.36. The number of piperidine rings is 1. The van der Waals surface area contributed by atoms with Gasteiger partial charge < -0.3 is 14.4 Å². The molecule has 5 nitrogen and oxygen atoms in total. The van der Waals surface area contributed by atoms with Gasteiger partial charge in [0.15, 0.2) is 0 Å². The van der Waals surface area contributed by atoms with E-state index < -0.39 is 0 Å². The van der Waals surface area contributed by atoms with Gasteiger partial charge in [-0.2, -0.15) is 0 Å². The van der Waals surface area contributed by atoms with Crippen LogP contribution >= 0.6 is 0 Å². The van der Waals surface area contributed by atoms with Crippen LogP contribution < -0.4 is 0 Å². The van der Waals surface area contributed by atoms with E-state index in [1.165, 1.54) is 12.1 Å². The van der Waals surface area contributed by atoms with E-state index in [9.17, 15) is 9.18 Å². The van der Waals surface area contributed by atoms with Crippen LogP contribution in [0, 0.1) is 5.82 Å². The zero-order valence-corrected chi connectivity index (χ0v) is 15.2. The molecule has 0 saturated carbocycles. The molecule has 0 aromatic heterocycles. The van der Waals surface area contributed by atoms with Gasteiger partial charge in [0, 0.05) is 44.4 Å². The van der Waals surface area contributed by atoms with Crippen LogP contribution in [0.25, 0.3) is 0 Å². The number of carbonyl (C=O) groups excluding carboxylic acids is 1. The molecular formula is C20H27FN2O3. The van der Waals surface area contributed by atoms with Gasteiger partial charge >= 0.3 is 0 Å². The molecule has 3 saturated heterocycles. The Hall–Kier alpha value is -1.50. The van der Waals surface area contributed by atoms with Crippen LogP contribution in [0.1, 0.15) is 36.0 Å². The van der Waals surface area contributed by atoms with Crippen molar-refractivity contribution in [1.82, 2.24) is 9.80 Å². The van der Waals surface area contributed by atoms with Crippen molar-refractivity contribution in [2.24, 2.45) is 0 Å². The number of benzene rings is 1. The highest BCUT2D eigenvalue weighted by atomic mass is 19.1. The molecule has 3 fully saturated rings. The Morgan fingerprint density at radius 1 is 1.04 bits per heavy atom. The molecule has 26 heavy (non-hydrogen) atoms. The molecule has 142 valence electrons. The largest absolute Gasteiger partial charge is 0.379 e. The third-order valence-corrected chi connectivity index (χ3v) is 6.08. The molecule has 0 radical (unpaired) electrons. The molecule has 0 unspecified atom stereocenters. The summed E-state index contributed by atoms with van der Waals surface area (Å²) in [6.07, 6.45) is 3.88. The van der Waals surface area contributed by atoms with E-state index in [-0.39, 0.29) is 17.3 Å². The van der Waals surface area contributed by atoms with Gasteiger partial charge in [0.2, 0.25) is 0 Å². The Bertz CT molecular complexity index is 622. The monoisotopic (exact) mass is 362 g/mol. The van der Waals surface area contributed by atoms with E-state index in [4.69, 9.17) is 9.47 Å². The van der Waals surface area contributed by atoms with Crippen LogP contribution in [0.15, 0.2) is 24.3 Å². The summed E-state index contributed by atoms with van der Waals surface area (Å²) >= 11 is 0. The first-order chi connectivity index (χ1) is 12.7. The number of amides is 1. The fourth-order valence-corrected chi connectivity index (χ4v) is 4.50. The van der Waals surface area contributed by atoms with Crippen molar-refractivity contribution < 1.29 is 18.7 Å². The second-order valence-electron chi connectivity index (χ2n) is 7.63. The molecule has 1 spiro atoms. The van der Waals surface area contributed by atoms with Gasteiger partial charge in [-0.1, -0.05) is 0 Å². The van der Waals surface area contributed by atoms with E-state index in [1.807, 2.05) is 4.90 Å². The minimum Gasteiger partial charge on any atom is -0.379 e. The predicted molar refractivity (Wildman–Crippen MR) is 95.6 cm³/mol. The fraction of sp³-hybridized carbons (Fsp3) is 0.650. The van der Waals surface area contributed by atoms with E-state index in [0.29, 0.717) is 24.7 Å². The molecule has 6 heteroatoms. The van der Waals surface area contributed by atoms with Crippen molar-refractivity contribution in [3.05, 3.63) is 35.6 Å². The van der Waals surface area contributed by atoms with Crippen molar-refractivity contribution >= 4 is 5.91 Å². The first-order valence-corrected chi connectivity index (χ1v) is 9.66. The smallest absolute Gasteiger partial charge is 0.253 e. The van der Waals surface area contributed by atoms with Gasteiger partial charge in [-0.15, -0.1) is 0 Å². The standard InChI is InChI=1S/C20H27FN2O3/c21-17-3-1-16(2-4-17)19(24)23-8-6-20(7-9-23)15-18(5-12-26-20)22-10-13-25-14-11-22/h1-4,18H,5-15H2/t18-/m0/s1. The lowest BCUT2D eigenvalue weighted by molar-refractivity contribution is -0.136. The molecule has 3 aliphatic heterocycles. The van der Waals surface area contributed by atoms with Crippen molar-refractivity contribution in [3.63, 3.8) is 0 Å². The lowest BCUT2D eigenvalue weighted by Gasteiger charge is -2.49. The number of ether oxygens (including phenoxy) is 2. The summed E-state index contributed by atoms with van der Waals surface area (Å²) in [4.78, 5) is 17.1. The molecule has 1 aromatic carbocycles. The van der Waals surface area contributed by atoms with Crippen LogP contribution in [0.5, 0.6) is 0 Å².